The second kappa shape index (κ2) is 5.90. The largest absolute Gasteiger partial charge is 0.335 e. The van der Waals surface area contributed by atoms with E-state index in [9.17, 15) is 18.8 Å². The van der Waals surface area contributed by atoms with Gasteiger partial charge in [0, 0.05) is 18.2 Å². The second-order valence-corrected chi connectivity index (χ2v) is 5.07. The van der Waals surface area contributed by atoms with Crippen LogP contribution in [0.25, 0.3) is 0 Å². The predicted molar refractivity (Wildman–Crippen MR) is 74.0 cm³/mol. The lowest BCUT2D eigenvalue weighted by atomic mass is 9.94. The number of aryl methyl sites for hydroxylation is 1. The molecule has 1 aliphatic heterocycles. The Morgan fingerprint density at radius 3 is 2.71 bits per heavy atom. The quantitative estimate of drug-likeness (QED) is 0.785. The van der Waals surface area contributed by atoms with Crippen molar-refractivity contribution in [3.8, 4) is 0 Å². The van der Waals surface area contributed by atoms with Gasteiger partial charge in [-0.05, 0) is 31.5 Å². The summed E-state index contributed by atoms with van der Waals surface area (Å²) in [4.78, 5) is 34.7. The number of hydrogen-bond acceptors (Lipinski definition) is 3. The number of benzene rings is 1. The number of nitrogens with one attached hydrogen (secondary N) is 3. The Morgan fingerprint density at radius 2 is 2.10 bits per heavy atom. The molecule has 2 atom stereocenters. The van der Waals surface area contributed by atoms with Crippen LogP contribution in [-0.4, -0.2) is 23.9 Å². The number of imide groups is 1. The van der Waals surface area contributed by atoms with E-state index in [4.69, 9.17) is 0 Å². The molecule has 0 bridgehead atoms. The number of carbonyl (C=O) groups excluding carboxylic acids is 3. The molecule has 6 nitrogen and oxygen atoms in total. The van der Waals surface area contributed by atoms with Gasteiger partial charge in [0.05, 0.1) is 5.92 Å². The third kappa shape index (κ3) is 3.56. The molecule has 0 aliphatic carbocycles. The van der Waals surface area contributed by atoms with Gasteiger partial charge in [-0.2, -0.15) is 0 Å². The predicted octanol–water partition coefficient (Wildman–Crippen LogP) is 1.31. The smallest absolute Gasteiger partial charge is 0.321 e. The Hall–Kier alpha value is -2.44. The third-order valence-electron chi connectivity index (χ3n) is 3.40. The van der Waals surface area contributed by atoms with Crippen LogP contribution in [0.1, 0.15) is 18.9 Å². The lowest BCUT2D eigenvalue weighted by Gasteiger charge is -2.28. The molecular formula is C14H16FN3O3. The van der Waals surface area contributed by atoms with Gasteiger partial charge in [-0.3, -0.25) is 14.9 Å². The number of urea groups is 1. The summed E-state index contributed by atoms with van der Waals surface area (Å²) >= 11 is 0. The highest BCUT2D eigenvalue weighted by atomic mass is 19.1. The van der Waals surface area contributed by atoms with Gasteiger partial charge in [0.1, 0.15) is 5.82 Å². The lowest BCUT2D eigenvalue weighted by Crippen LogP contribution is -2.57. The summed E-state index contributed by atoms with van der Waals surface area (Å²) in [7, 11) is 0. The van der Waals surface area contributed by atoms with E-state index in [1.54, 1.807) is 26.0 Å². The molecule has 7 heteroatoms. The molecule has 0 saturated carbocycles. The number of amides is 4. The summed E-state index contributed by atoms with van der Waals surface area (Å²) in [5.74, 6) is -1.97. The summed E-state index contributed by atoms with van der Waals surface area (Å²) in [5.41, 5.74) is 0.812. The van der Waals surface area contributed by atoms with Crippen molar-refractivity contribution in [1.29, 1.82) is 0 Å². The van der Waals surface area contributed by atoms with Crippen LogP contribution in [0, 0.1) is 18.7 Å². The molecule has 112 valence electrons. The van der Waals surface area contributed by atoms with E-state index in [0.29, 0.717) is 11.3 Å². The molecule has 21 heavy (non-hydrogen) atoms. The van der Waals surface area contributed by atoms with Crippen LogP contribution in [-0.2, 0) is 9.59 Å². The maximum absolute atomic E-state index is 13.4. The number of carbonyl (C=O) groups is 3. The average molecular weight is 293 g/mol. The normalized spacial score (nSPS) is 21.5. The molecule has 0 spiro atoms. The molecule has 2 unspecified atom stereocenters. The van der Waals surface area contributed by atoms with Crippen molar-refractivity contribution in [1.82, 2.24) is 10.6 Å². The van der Waals surface area contributed by atoms with Crippen LogP contribution >= 0.6 is 0 Å². The first-order valence-electron chi connectivity index (χ1n) is 6.54. The van der Waals surface area contributed by atoms with Crippen LogP contribution in [0.15, 0.2) is 18.2 Å². The summed E-state index contributed by atoms with van der Waals surface area (Å²) in [6.07, 6.45) is -0.0945. The molecule has 3 N–H and O–H groups in total. The standard InChI is InChI=1S/C14H16FN3O3/c1-7-3-4-9(5-11(7)15)17-12(19)6-10-8(2)16-14(21)18-13(10)20/h3-5,8,10H,6H2,1-2H3,(H,17,19)(H2,16,18,20,21). The molecule has 4 amide bonds. The molecule has 2 rings (SSSR count). The Morgan fingerprint density at radius 1 is 1.38 bits per heavy atom. The minimum atomic E-state index is -0.655. The van der Waals surface area contributed by atoms with Gasteiger partial charge >= 0.3 is 6.03 Å². The van der Waals surface area contributed by atoms with Crippen molar-refractivity contribution in [2.24, 2.45) is 5.92 Å². The summed E-state index contributed by atoms with van der Waals surface area (Å²) in [6, 6.07) is 3.36. The molecule has 1 fully saturated rings. The van der Waals surface area contributed by atoms with Crippen LogP contribution in [0.3, 0.4) is 0 Å². The van der Waals surface area contributed by atoms with Crippen molar-refractivity contribution < 1.29 is 18.8 Å². The van der Waals surface area contributed by atoms with Crippen molar-refractivity contribution in [3.63, 3.8) is 0 Å². The van der Waals surface area contributed by atoms with Crippen LogP contribution in [0.5, 0.6) is 0 Å². The first-order chi connectivity index (χ1) is 9.86. The fourth-order valence-corrected chi connectivity index (χ4v) is 2.13. The number of anilines is 1. The van der Waals surface area contributed by atoms with E-state index in [-0.39, 0.29) is 6.42 Å². The molecule has 1 aromatic carbocycles. The highest BCUT2D eigenvalue weighted by Gasteiger charge is 2.34. The molecule has 1 heterocycles. The summed E-state index contributed by atoms with van der Waals surface area (Å²) in [5, 5.41) is 7.19. The Balaban J connectivity index is 1.99. The zero-order valence-electron chi connectivity index (χ0n) is 11.7. The van der Waals surface area contributed by atoms with Crippen molar-refractivity contribution in [2.75, 3.05) is 5.32 Å². The van der Waals surface area contributed by atoms with Gasteiger partial charge < -0.3 is 10.6 Å². The molecule has 1 aromatic rings. The van der Waals surface area contributed by atoms with Crippen LogP contribution in [0.4, 0.5) is 14.9 Å². The number of halogens is 1. The lowest BCUT2D eigenvalue weighted by molar-refractivity contribution is -0.129. The van der Waals surface area contributed by atoms with E-state index in [2.05, 4.69) is 16.0 Å². The summed E-state index contributed by atoms with van der Waals surface area (Å²) < 4.78 is 13.4. The maximum Gasteiger partial charge on any atom is 0.321 e. The first kappa shape index (κ1) is 15.0. The van der Waals surface area contributed by atoms with Gasteiger partial charge in [-0.15, -0.1) is 0 Å². The zero-order chi connectivity index (χ0) is 15.6. The average Bonchev–Trinajstić information content (AvgIpc) is 2.38. The van der Waals surface area contributed by atoms with Crippen molar-refractivity contribution >= 4 is 23.5 Å². The van der Waals surface area contributed by atoms with E-state index < -0.39 is 35.6 Å². The minimum Gasteiger partial charge on any atom is -0.335 e. The van der Waals surface area contributed by atoms with E-state index in [1.165, 1.54) is 6.07 Å². The van der Waals surface area contributed by atoms with E-state index in [1.807, 2.05) is 0 Å². The second-order valence-electron chi connectivity index (χ2n) is 5.07. The van der Waals surface area contributed by atoms with Crippen LogP contribution < -0.4 is 16.0 Å². The fourth-order valence-electron chi connectivity index (χ4n) is 2.13. The SMILES string of the molecule is Cc1ccc(NC(=O)CC2C(=O)NC(=O)NC2C)cc1F. The zero-order valence-corrected chi connectivity index (χ0v) is 11.7. The topological polar surface area (TPSA) is 87.3 Å². The Bertz CT molecular complexity index is 603. The van der Waals surface area contributed by atoms with Gasteiger partial charge in [-0.25, -0.2) is 9.18 Å². The summed E-state index contributed by atoms with van der Waals surface area (Å²) in [6.45, 7) is 3.28. The molecule has 1 aliphatic rings. The highest BCUT2D eigenvalue weighted by molar-refractivity contribution is 6.01. The molecule has 0 aromatic heterocycles. The van der Waals surface area contributed by atoms with Crippen LogP contribution in [0.2, 0.25) is 0 Å². The van der Waals surface area contributed by atoms with Crippen molar-refractivity contribution in [2.45, 2.75) is 26.3 Å². The molecule has 1 saturated heterocycles. The molecule has 0 radical (unpaired) electrons. The maximum atomic E-state index is 13.4. The van der Waals surface area contributed by atoms with E-state index in [0.717, 1.165) is 0 Å². The van der Waals surface area contributed by atoms with Crippen molar-refractivity contribution in [3.05, 3.63) is 29.6 Å². The monoisotopic (exact) mass is 293 g/mol. The number of hydrogen-bond donors (Lipinski definition) is 3. The third-order valence-corrected chi connectivity index (χ3v) is 3.40. The number of rotatable bonds is 3. The molecular weight excluding hydrogens is 277 g/mol. The van der Waals surface area contributed by atoms with Gasteiger partial charge in [0.25, 0.3) is 0 Å². The van der Waals surface area contributed by atoms with Gasteiger partial charge in [0.15, 0.2) is 0 Å². The van der Waals surface area contributed by atoms with Gasteiger partial charge in [-0.1, -0.05) is 6.07 Å². The fraction of sp³-hybridized carbons (Fsp3) is 0.357. The highest BCUT2D eigenvalue weighted by Crippen LogP contribution is 2.17. The Labute approximate surface area is 121 Å². The first-order valence-corrected chi connectivity index (χ1v) is 6.54. The minimum absolute atomic E-state index is 0.0945. The Kier molecular flexibility index (Phi) is 4.21. The van der Waals surface area contributed by atoms with Gasteiger partial charge in [0.2, 0.25) is 11.8 Å². The van der Waals surface area contributed by atoms with E-state index >= 15 is 0 Å².